The molecule has 0 bridgehead atoms. The van der Waals surface area contributed by atoms with Crippen LogP contribution in [0.4, 0.5) is 0 Å². The largest absolute Gasteiger partial charge is 0.490 e. The molecule has 0 atom stereocenters. The molecular weight excluding hydrogens is 505 g/mol. The van der Waals surface area contributed by atoms with Crippen molar-refractivity contribution in [2.75, 3.05) is 6.61 Å². The molecule has 0 aliphatic rings. The van der Waals surface area contributed by atoms with E-state index in [-0.39, 0.29) is 10.7 Å². The Labute approximate surface area is 198 Å². The number of nitrogens with one attached hydrogen (secondary N) is 1. The number of nitrogens with zero attached hydrogens (tertiary/aromatic N) is 2. The highest BCUT2D eigenvalue weighted by Crippen LogP contribution is 2.34. The molecule has 0 saturated heterocycles. The van der Waals surface area contributed by atoms with Gasteiger partial charge in [-0.15, -0.1) is 0 Å². The van der Waals surface area contributed by atoms with Crippen molar-refractivity contribution in [1.29, 1.82) is 0 Å². The van der Waals surface area contributed by atoms with Gasteiger partial charge in [-0.05, 0) is 53.2 Å². The van der Waals surface area contributed by atoms with Crippen LogP contribution in [0.3, 0.4) is 0 Å². The normalized spacial score (nSPS) is 10.8. The lowest BCUT2D eigenvalue weighted by Gasteiger charge is -2.14. The van der Waals surface area contributed by atoms with Crippen LogP contribution in [0.1, 0.15) is 28.4 Å². The predicted molar refractivity (Wildman–Crippen MR) is 125 cm³/mol. The van der Waals surface area contributed by atoms with Crippen molar-refractivity contribution in [2.45, 2.75) is 13.5 Å². The van der Waals surface area contributed by atoms with Gasteiger partial charge in [-0.25, -0.2) is 10.4 Å². The zero-order chi connectivity index (χ0) is 22.2. The Bertz CT molecular complexity index is 1110. The van der Waals surface area contributed by atoms with E-state index in [0.29, 0.717) is 39.8 Å². The van der Waals surface area contributed by atoms with Gasteiger partial charge in [0, 0.05) is 26.8 Å². The molecule has 1 amide bonds. The number of carbonyl (C=O) groups excluding carboxylic acids is 1. The van der Waals surface area contributed by atoms with E-state index < -0.39 is 5.91 Å². The summed E-state index contributed by atoms with van der Waals surface area (Å²) in [5.41, 5.74) is 4.22. The molecule has 6 nitrogen and oxygen atoms in total. The minimum atomic E-state index is -0.463. The van der Waals surface area contributed by atoms with Crippen molar-refractivity contribution in [3.05, 3.63) is 86.1 Å². The number of hydrogen-bond donors (Lipinski definition) is 1. The van der Waals surface area contributed by atoms with Crippen LogP contribution in [0.2, 0.25) is 10.2 Å². The van der Waals surface area contributed by atoms with Crippen molar-refractivity contribution < 1.29 is 14.3 Å². The fourth-order valence-electron chi connectivity index (χ4n) is 2.58. The van der Waals surface area contributed by atoms with Crippen molar-refractivity contribution in [3.63, 3.8) is 0 Å². The molecule has 3 rings (SSSR count). The highest BCUT2D eigenvalue weighted by molar-refractivity contribution is 9.10. The van der Waals surface area contributed by atoms with Crippen LogP contribution >= 0.6 is 39.1 Å². The molecule has 1 heterocycles. The number of rotatable bonds is 8. The standard InChI is InChI=1S/C22H18BrCl2N3O3/c1-2-30-19-10-15(12-27-28-22(29)16-7-5-9-26-21(16)25)17(23)11-20(19)31-13-14-6-3-4-8-18(14)24/h3-12H,2,13H2,1H3,(H,28,29). The van der Waals surface area contributed by atoms with Crippen LogP contribution < -0.4 is 14.9 Å². The third-order valence-electron chi connectivity index (χ3n) is 4.08. The van der Waals surface area contributed by atoms with E-state index in [9.17, 15) is 4.79 Å². The predicted octanol–water partition coefficient (Wildman–Crippen LogP) is 5.89. The molecule has 0 saturated carbocycles. The van der Waals surface area contributed by atoms with Crippen molar-refractivity contribution in [3.8, 4) is 11.5 Å². The summed E-state index contributed by atoms with van der Waals surface area (Å²) in [4.78, 5) is 16.1. The highest BCUT2D eigenvalue weighted by atomic mass is 79.9. The molecule has 0 aliphatic carbocycles. The molecule has 0 fully saturated rings. The Morgan fingerprint density at radius 2 is 1.94 bits per heavy atom. The maximum absolute atomic E-state index is 12.2. The number of pyridine rings is 1. The summed E-state index contributed by atoms with van der Waals surface area (Å²) in [6.07, 6.45) is 3.00. The number of halogens is 3. The lowest BCUT2D eigenvalue weighted by molar-refractivity contribution is 0.0955. The average Bonchev–Trinajstić information content (AvgIpc) is 2.76. The summed E-state index contributed by atoms with van der Waals surface area (Å²) in [5, 5.41) is 4.74. The minimum Gasteiger partial charge on any atom is -0.490 e. The second-order valence-electron chi connectivity index (χ2n) is 6.17. The number of ether oxygens (including phenoxy) is 2. The third-order valence-corrected chi connectivity index (χ3v) is 5.43. The fourth-order valence-corrected chi connectivity index (χ4v) is 3.40. The van der Waals surface area contributed by atoms with Gasteiger partial charge < -0.3 is 9.47 Å². The maximum atomic E-state index is 12.2. The molecule has 0 spiro atoms. The monoisotopic (exact) mass is 521 g/mol. The fraction of sp³-hybridized carbons (Fsp3) is 0.136. The first kappa shape index (κ1) is 23.1. The molecule has 1 N–H and O–H groups in total. The SMILES string of the molecule is CCOc1cc(C=NNC(=O)c2cccnc2Cl)c(Br)cc1OCc1ccccc1Cl. The first-order valence-corrected chi connectivity index (χ1v) is 10.8. The van der Waals surface area contributed by atoms with Gasteiger partial charge in [0.2, 0.25) is 0 Å². The van der Waals surface area contributed by atoms with Crippen molar-refractivity contribution in [2.24, 2.45) is 5.10 Å². The van der Waals surface area contributed by atoms with Crippen LogP contribution in [0.5, 0.6) is 11.5 Å². The van der Waals surface area contributed by atoms with Crippen molar-refractivity contribution >= 4 is 51.3 Å². The summed E-state index contributed by atoms with van der Waals surface area (Å²) in [6, 6.07) is 14.2. The quantitative estimate of drug-likeness (QED) is 0.227. The van der Waals surface area contributed by atoms with E-state index in [1.54, 1.807) is 24.3 Å². The Morgan fingerprint density at radius 1 is 1.16 bits per heavy atom. The molecule has 9 heteroatoms. The average molecular weight is 523 g/mol. The third kappa shape index (κ3) is 6.19. The van der Waals surface area contributed by atoms with Crippen LogP contribution in [0.25, 0.3) is 0 Å². The number of aromatic nitrogens is 1. The second kappa shape index (κ2) is 11.1. The molecule has 3 aromatic rings. The number of hydrogen-bond acceptors (Lipinski definition) is 5. The van der Waals surface area contributed by atoms with Crippen LogP contribution in [0.15, 0.2) is 64.3 Å². The first-order chi connectivity index (χ1) is 15.0. The summed E-state index contributed by atoms with van der Waals surface area (Å²) in [7, 11) is 0. The lowest BCUT2D eigenvalue weighted by Crippen LogP contribution is -2.18. The molecule has 2 aromatic carbocycles. The minimum absolute atomic E-state index is 0.107. The summed E-state index contributed by atoms with van der Waals surface area (Å²) in [6.45, 7) is 2.63. The Morgan fingerprint density at radius 3 is 2.68 bits per heavy atom. The lowest BCUT2D eigenvalue weighted by atomic mass is 10.2. The topological polar surface area (TPSA) is 72.8 Å². The van der Waals surface area contributed by atoms with E-state index in [2.05, 4.69) is 31.4 Å². The molecule has 0 unspecified atom stereocenters. The van der Waals surface area contributed by atoms with Crippen LogP contribution in [-0.4, -0.2) is 23.7 Å². The number of benzene rings is 2. The summed E-state index contributed by atoms with van der Waals surface area (Å²) in [5.74, 6) is 0.632. The molecular formula is C22H18BrCl2N3O3. The van der Waals surface area contributed by atoms with Crippen molar-refractivity contribution in [1.82, 2.24) is 10.4 Å². The zero-order valence-electron chi connectivity index (χ0n) is 16.4. The maximum Gasteiger partial charge on any atom is 0.274 e. The van der Waals surface area contributed by atoms with Gasteiger partial charge in [0.25, 0.3) is 5.91 Å². The molecule has 1 aromatic heterocycles. The van der Waals surface area contributed by atoms with Crippen LogP contribution in [-0.2, 0) is 6.61 Å². The molecule has 0 aliphatic heterocycles. The van der Waals surface area contributed by atoms with Gasteiger partial charge in [-0.2, -0.15) is 5.10 Å². The molecule has 31 heavy (non-hydrogen) atoms. The van der Waals surface area contributed by atoms with E-state index in [1.807, 2.05) is 31.2 Å². The Hall–Kier alpha value is -2.61. The first-order valence-electron chi connectivity index (χ1n) is 9.26. The van der Waals surface area contributed by atoms with E-state index in [0.717, 1.165) is 5.56 Å². The number of carbonyl (C=O) groups is 1. The van der Waals surface area contributed by atoms with Crippen LogP contribution in [0, 0.1) is 0 Å². The van der Waals surface area contributed by atoms with E-state index >= 15 is 0 Å². The Balaban J connectivity index is 1.74. The number of amides is 1. The second-order valence-corrected chi connectivity index (χ2v) is 7.79. The summed E-state index contributed by atoms with van der Waals surface area (Å²) >= 11 is 15.6. The van der Waals surface area contributed by atoms with Gasteiger partial charge in [-0.3, -0.25) is 4.79 Å². The highest BCUT2D eigenvalue weighted by Gasteiger charge is 2.12. The van der Waals surface area contributed by atoms with Gasteiger partial charge >= 0.3 is 0 Å². The van der Waals surface area contributed by atoms with E-state index in [4.69, 9.17) is 32.7 Å². The Kier molecular flexibility index (Phi) is 8.28. The van der Waals surface area contributed by atoms with Gasteiger partial charge in [0.05, 0.1) is 18.4 Å². The summed E-state index contributed by atoms with van der Waals surface area (Å²) < 4.78 is 12.4. The zero-order valence-corrected chi connectivity index (χ0v) is 19.5. The smallest absolute Gasteiger partial charge is 0.274 e. The number of hydrazone groups is 1. The molecule has 160 valence electrons. The van der Waals surface area contributed by atoms with Gasteiger partial charge in [0.15, 0.2) is 11.5 Å². The van der Waals surface area contributed by atoms with E-state index in [1.165, 1.54) is 12.4 Å². The van der Waals surface area contributed by atoms with Gasteiger partial charge in [0.1, 0.15) is 11.8 Å². The van der Waals surface area contributed by atoms with Gasteiger partial charge in [-0.1, -0.05) is 41.4 Å². The molecule has 0 radical (unpaired) electrons.